The second kappa shape index (κ2) is 4.13. The predicted molar refractivity (Wildman–Crippen MR) is 38.1 cm³/mol. The van der Waals surface area contributed by atoms with Gasteiger partial charge in [0.1, 0.15) is 5.78 Å². The quantitative estimate of drug-likeness (QED) is 0.612. The molecule has 0 fully saturated rings. The minimum atomic E-state index is 0.143. The Morgan fingerprint density at radius 2 is 2.22 bits per heavy atom. The molecule has 0 spiro atoms. The molecule has 0 heterocycles. The van der Waals surface area contributed by atoms with Crippen LogP contribution in [0, 0.1) is 0 Å². The van der Waals surface area contributed by atoms with Crippen LogP contribution in [0.2, 0.25) is 0 Å². The van der Waals surface area contributed by atoms with Crippen LogP contribution in [-0.2, 0) is 4.79 Å². The molecule has 0 aromatic rings. The Kier molecular flexibility index (Phi) is 3.76. The maximum Gasteiger partial charge on any atom is 0.148 e. The van der Waals surface area contributed by atoms with Gasteiger partial charge in [0, 0.05) is 5.70 Å². The standard InChI is InChI=1S/C7H13NO/c1-4-6(2)8-5-7(3)9/h8H,2,4-5H2,1,3H3. The van der Waals surface area contributed by atoms with Gasteiger partial charge in [0.05, 0.1) is 6.54 Å². The van der Waals surface area contributed by atoms with Crippen LogP contribution in [0.4, 0.5) is 0 Å². The third kappa shape index (κ3) is 5.07. The maximum absolute atomic E-state index is 10.4. The molecular weight excluding hydrogens is 114 g/mol. The first-order chi connectivity index (χ1) is 4.16. The molecule has 0 aliphatic carbocycles. The highest BCUT2D eigenvalue weighted by Crippen LogP contribution is 1.87. The van der Waals surface area contributed by atoms with Gasteiger partial charge in [-0.3, -0.25) is 4.79 Å². The van der Waals surface area contributed by atoms with Crippen LogP contribution in [-0.4, -0.2) is 12.3 Å². The van der Waals surface area contributed by atoms with Gasteiger partial charge in [0.25, 0.3) is 0 Å². The van der Waals surface area contributed by atoms with E-state index in [1.165, 1.54) is 0 Å². The molecule has 0 saturated carbocycles. The first kappa shape index (κ1) is 8.21. The van der Waals surface area contributed by atoms with Crippen LogP contribution in [0.5, 0.6) is 0 Å². The fraction of sp³-hybridized carbons (Fsp3) is 0.571. The monoisotopic (exact) mass is 127 g/mol. The molecule has 0 radical (unpaired) electrons. The van der Waals surface area contributed by atoms with Crippen LogP contribution < -0.4 is 5.32 Å². The Labute approximate surface area is 56.0 Å². The second-order valence-corrected chi connectivity index (χ2v) is 2.01. The number of hydrogen-bond acceptors (Lipinski definition) is 2. The molecule has 0 unspecified atom stereocenters. The summed E-state index contributed by atoms with van der Waals surface area (Å²) in [6, 6.07) is 0. The Morgan fingerprint density at radius 1 is 1.67 bits per heavy atom. The Bertz CT molecular complexity index is 118. The van der Waals surface area contributed by atoms with E-state index in [0.29, 0.717) is 6.54 Å². The van der Waals surface area contributed by atoms with Crippen molar-refractivity contribution in [2.75, 3.05) is 6.54 Å². The van der Waals surface area contributed by atoms with Crippen LogP contribution in [0.3, 0.4) is 0 Å². The summed E-state index contributed by atoms with van der Waals surface area (Å²) >= 11 is 0. The largest absolute Gasteiger partial charge is 0.382 e. The lowest BCUT2D eigenvalue weighted by Gasteiger charge is -2.02. The zero-order chi connectivity index (χ0) is 7.28. The number of allylic oxidation sites excluding steroid dienone is 1. The van der Waals surface area contributed by atoms with Gasteiger partial charge in [-0.1, -0.05) is 13.5 Å². The van der Waals surface area contributed by atoms with Gasteiger partial charge >= 0.3 is 0 Å². The van der Waals surface area contributed by atoms with Gasteiger partial charge in [-0.25, -0.2) is 0 Å². The smallest absolute Gasteiger partial charge is 0.148 e. The molecule has 0 bridgehead atoms. The molecule has 0 aromatic heterocycles. The number of Topliss-reactive ketones (excluding diaryl/α,β-unsaturated/α-hetero) is 1. The first-order valence-electron chi connectivity index (χ1n) is 3.08. The van der Waals surface area contributed by atoms with E-state index >= 15 is 0 Å². The lowest BCUT2D eigenvalue weighted by molar-refractivity contribution is -0.116. The summed E-state index contributed by atoms with van der Waals surface area (Å²) in [6.45, 7) is 7.64. The van der Waals surface area contributed by atoms with E-state index in [4.69, 9.17) is 0 Å². The van der Waals surface area contributed by atoms with Gasteiger partial charge in [-0.15, -0.1) is 0 Å². The normalized spacial score (nSPS) is 8.67. The van der Waals surface area contributed by atoms with Crippen molar-refractivity contribution >= 4 is 5.78 Å². The summed E-state index contributed by atoms with van der Waals surface area (Å²) < 4.78 is 0. The van der Waals surface area contributed by atoms with Crippen molar-refractivity contribution in [1.29, 1.82) is 0 Å². The molecule has 9 heavy (non-hydrogen) atoms. The average Bonchev–Trinajstić information content (AvgIpc) is 1.83. The van der Waals surface area contributed by atoms with E-state index in [1.807, 2.05) is 6.92 Å². The molecular formula is C7H13NO. The van der Waals surface area contributed by atoms with Crippen LogP contribution >= 0.6 is 0 Å². The van der Waals surface area contributed by atoms with Crippen molar-refractivity contribution in [3.63, 3.8) is 0 Å². The fourth-order valence-corrected chi connectivity index (χ4v) is 0.374. The third-order valence-corrected chi connectivity index (χ3v) is 1.01. The summed E-state index contributed by atoms with van der Waals surface area (Å²) in [7, 11) is 0. The Hall–Kier alpha value is -0.790. The van der Waals surface area contributed by atoms with E-state index in [-0.39, 0.29) is 5.78 Å². The lowest BCUT2D eigenvalue weighted by Crippen LogP contribution is -2.19. The minimum absolute atomic E-state index is 0.143. The summed E-state index contributed by atoms with van der Waals surface area (Å²) in [5.74, 6) is 0.143. The molecule has 0 amide bonds. The molecule has 0 rings (SSSR count). The number of rotatable bonds is 4. The summed E-state index contributed by atoms with van der Waals surface area (Å²) in [6.07, 6.45) is 0.882. The second-order valence-electron chi connectivity index (χ2n) is 2.01. The third-order valence-electron chi connectivity index (χ3n) is 1.01. The van der Waals surface area contributed by atoms with Crippen molar-refractivity contribution in [3.8, 4) is 0 Å². The van der Waals surface area contributed by atoms with Crippen molar-refractivity contribution in [1.82, 2.24) is 5.32 Å². The molecule has 0 aliphatic heterocycles. The summed E-state index contributed by atoms with van der Waals surface area (Å²) in [5.41, 5.74) is 0.921. The van der Waals surface area contributed by atoms with Gasteiger partial charge < -0.3 is 5.32 Å². The van der Waals surface area contributed by atoms with Gasteiger partial charge in [0.2, 0.25) is 0 Å². The first-order valence-corrected chi connectivity index (χ1v) is 3.08. The zero-order valence-electron chi connectivity index (χ0n) is 6.03. The topological polar surface area (TPSA) is 29.1 Å². The van der Waals surface area contributed by atoms with Crippen molar-refractivity contribution < 1.29 is 4.79 Å². The molecule has 52 valence electrons. The van der Waals surface area contributed by atoms with E-state index < -0.39 is 0 Å². The minimum Gasteiger partial charge on any atom is -0.382 e. The number of carbonyl (C=O) groups excluding carboxylic acids is 1. The van der Waals surface area contributed by atoms with Crippen molar-refractivity contribution in [3.05, 3.63) is 12.3 Å². The number of ketones is 1. The summed E-state index contributed by atoms with van der Waals surface area (Å²) in [5, 5.41) is 2.89. The average molecular weight is 127 g/mol. The van der Waals surface area contributed by atoms with Crippen LogP contribution in [0.15, 0.2) is 12.3 Å². The highest BCUT2D eigenvalue weighted by atomic mass is 16.1. The molecule has 0 aromatic carbocycles. The SMILES string of the molecule is C=C(CC)NCC(C)=O. The van der Waals surface area contributed by atoms with E-state index in [2.05, 4.69) is 11.9 Å². The van der Waals surface area contributed by atoms with Gasteiger partial charge in [0.15, 0.2) is 0 Å². The predicted octanol–water partition coefficient (Wildman–Crippen LogP) is 1.09. The van der Waals surface area contributed by atoms with Crippen LogP contribution in [0.1, 0.15) is 20.3 Å². The van der Waals surface area contributed by atoms with Crippen molar-refractivity contribution in [2.24, 2.45) is 0 Å². The molecule has 1 N–H and O–H groups in total. The number of nitrogens with one attached hydrogen (secondary N) is 1. The Morgan fingerprint density at radius 3 is 2.56 bits per heavy atom. The Balaban J connectivity index is 3.28. The molecule has 0 atom stereocenters. The molecule has 2 nitrogen and oxygen atoms in total. The van der Waals surface area contributed by atoms with Crippen molar-refractivity contribution in [2.45, 2.75) is 20.3 Å². The van der Waals surface area contributed by atoms with Crippen LogP contribution in [0.25, 0.3) is 0 Å². The number of hydrogen-bond donors (Lipinski definition) is 1. The fourth-order valence-electron chi connectivity index (χ4n) is 0.374. The lowest BCUT2D eigenvalue weighted by atomic mass is 10.3. The molecule has 0 aliphatic rings. The number of carbonyl (C=O) groups is 1. The highest BCUT2D eigenvalue weighted by Gasteiger charge is 1.90. The zero-order valence-corrected chi connectivity index (χ0v) is 6.03. The maximum atomic E-state index is 10.4. The van der Waals surface area contributed by atoms with E-state index in [1.54, 1.807) is 6.92 Å². The van der Waals surface area contributed by atoms with Gasteiger partial charge in [-0.05, 0) is 13.3 Å². The molecule has 2 heteroatoms. The summed E-state index contributed by atoms with van der Waals surface area (Å²) in [4.78, 5) is 10.4. The van der Waals surface area contributed by atoms with E-state index in [0.717, 1.165) is 12.1 Å². The van der Waals surface area contributed by atoms with E-state index in [9.17, 15) is 4.79 Å². The molecule has 0 saturated heterocycles. The highest BCUT2D eigenvalue weighted by molar-refractivity contribution is 5.77. The van der Waals surface area contributed by atoms with Gasteiger partial charge in [-0.2, -0.15) is 0 Å².